The smallest absolute Gasteiger partial charge is 0.294 e. The van der Waals surface area contributed by atoms with Gasteiger partial charge in [-0.25, -0.2) is 4.39 Å². The van der Waals surface area contributed by atoms with Crippen LogP contribution < -0.4 is 19.6 Å². The fourth-order valence-corrected chi connectivity index (χ4v) is 3.32. The highest BCUT2D eigenvalue weighted by Crippen LogP contribution is 2.42. The average molecular weight is 431 g/mol. The van der Waals surface area contributed by atoms with Gasteiger partial charge in [0.1, 0.15) is 29.1 Å². The second kappa shape index (κ2) is 9.23. The SMILES string of the molecule is COc1c(OCCN2CCOCC2)cc2oc(Oc3ccc(F)cc3)cc(=O)c2c1O. The molecule has 1 aromatic heterocycles. The zero-order valence-corrected chi connectivity index (χ0v) is 16.9. The number of morpholine rings is 1. The molecular weight excluding hydrogens is 409 g/mol. The van der Waals surface area contributed by atoms with E-state index in [4.69, 9.17) is 23.4 Å². The van der Waals surface area contributed by atoms with E-state index in [0.717, 1.165) is 19.2 Å². The number of hydrogen-bond acceptors (Lipinski definition) is 8. The molecule has 1 fully saturated rings. The Hall–Kier alpha value is -3.30. The summed E-state index contributed by atoms with van der Waals surface area (Å²) in [5.74, 6) is -0.306. The van der Waals surface area contributed by atoms with Crippen LogP contribution in [-0.4, -0.2) is 56.6 Å². The number of hydrogen-bond donors (Lipinski definition) is 1. The predicted molar refractivity (Wildman–Crippen MR) is 110 cm³/mol. The minimum Gasteiger partial charge on any atom is -0.504 e. The number of rotatable bonds is 7. The Morgan fingerprint density at radius 1 is 1.16 bits per heavy atom. The van der Waals surface area contributed by atoms with Crippen LogP contribution in [0, 0.1) is 5.82 Å². The molecule has 8 nitrogen and oxygen atoms in total. The lowest BCUT2D eigenvalue weighted by molar-refractivity contribution is 0.0321. The van der Waals surface area contributed by atoms with Crippen LogP contribution >= 0.6 is 0 Å². The van der Waals surface area contributed by atoms with Gasteiger partial charge in [-0.15, -0.1) is 0 Å². The Morgan fingerprint density at radius 3 is 2.61 bits per heavy atom. The van der Waals surface area contributed by atoms with Crippen LogP contribution in [0.15, 0.2) is 45.6 Å². The number of benzene rings is 2. The molecule has 3 aromatic rings. The number of nitrogens with zero attached hydrogens (tertiary/aromatic N) is 1. The number of methoxy groups -OCH3 is 1. The summed E-state index contributed by atoms with van der Waals surface area (Å²) < 4.78 is 40.7. The van der Waals surface area contributed by atoms with E-state index in [9.17, 15) is 14.3 Å². The maximum absolute atomic E-state index is 13.1. The van der Waals surface area contributed by atoms with Gasteiger partial charge in [-0.2, -0.15) is 0 Å². The van der Waals surface area contributed by atoms with E-state index in [1.165, 1.54) is 37.4 Å². The molecule has 0 spiro atoms. The van der Waals surface area contributed by atoms with Gasteiger partial charge in [-0.1, -0.05) is 0 Å². The molecule has 0 aliphatic carbocycles. The van der Waals surface area contributed by atoms with E-state index < -0.39 is 11.2 Å². The van der Waals surface area contributed by atoms with E-state index in [-0.39, 0.29) is 34.2 Å². The van der Waals surface area contributed by atoms with Crippen LogP contribution in [0.5, 0.6) is 28.9 Å². The van der Waals surface area contributed by atoms with E-state index in [0.29, 0.717) is 32.1 Å². The molecule has 0 amide bonds. The summed E-state index contributed by atoms with van der Waals surface area (Å²) in [4.78, 5) is 14.8. The highest BCUT2D eigenvalue weighted by Gasteiger charge is 2.20. The number of phenols is 1. The summed E-state index contributed by atoms with van der Waals surface area (Å²) in [7, 11) is 1.38. The van der Waals surface area contributed by atoms with Gasteiger partial charge in [0, 0.05) is 25.7 Å². The first-order valence-electron chi connectivity index (χ1n) is 9.79. The Balaban J connectivity index is 1.61. The Morgan fingerprint density at radius 2 is 1.90 bits per heavy atom. The number of fused-ring (bicyclic) bond motifs is 1. The van der Waals surface area contributed by atoms with Crippen LogP contribution in [-0.2, 0) is 4.74 Å². The Labute approximate surface area is 177 Å². The second-order valence-corrected chi connectivity index (χ2v) is 6.92. The van der Waals surface area contributed by atoms with Gasteiger partial charge in [-0.3, -0.25) is 9.69 Å². The van der Waals surface area contributed by atoms with Crippen LogP contribution in [0.2, 0.25) is 0 Å². The fourth-order valence-electron chi connectivity index (χ4n) is 3.32. The summed E-state index contributed by atoms with van der Waals surface area (Å²) in [6.45, 7) is 4.02. The predicted octanol–water partition coefficient (Wildman–Crippen LogP) is 3.15. The van der Waals surface area contributed by atoms with Crippen LogP contribution in [0.1, 0.15) is 0 Å². The second-order valence-electron chi connectivity index (χ2n) is 6.92. The quantitative estimate of drug-likeness (QED) is 0.610. The van der Waals surface area contributed by atoms with Crippen molar-refractivity contribution in [3.8, 4) is 28.9 Å². The minimum atomic E-state index is -0.519. The van der Waals surface area contributed by atoms with Gasteiger partial charge in [0.05, 0.1) is 26.4 Å². The standard InChI is InChI=1S/C22H22FNO7/c1-27-22-18(29-11-8-24-6-9-28-10-7-24)13-17-20(21(22)26)16(25)12-19(31-17)30-15-4-2-14(23)3-5-15/h2-5,12-13,26H,6-11H2,1H3. The minimum absolute atomic E-state index is 0.0500. The molecule has 0 unspecified atom stereocenters. The first-order chi connectivity index (χ1) is 15.0. The maximum atomic E-state index is 13.1. The lowest BCUT2D eigenvalue weighted by atomic mass is 10.2. The third kappa shape index (κ3) is 4.73. The Bertz CT molecular complexity index is 1110. The van der Waals surface area contributed by atoms with Gasteiger partial charge >= 0.3 is 0 Å². The van der Waals surface area contributed by atoms with Crippen molar-refractivity contribution in [2.24, 2.45) is 0 Å². The molecule has 1 aliphatic rings. The molecule has 0 bridgehead atoms. The molecule has 2 heterocycles. The van der Waals surface area contributed by atoms with Crippen LogP contribution in [0.4, 0.5) is 4.39 Å². The van der Waals surface area contributed by atoms with Crippen LogP contribution in [0.3, 0.4) is 0 Å². The van der Waals surface area contributed by atoms with E-state index in [1.807, 2.05) is 0 Å². The molecule has 164 valence electrons. The van der Waals surface area contributed by atoms with Crippen molar-refractivity contribution in [3.63, 3.8) is 0 Å². The summed E-state index contributed by atoms with van der Waals surface area (Å²) in [5.41, 5.74) is -0.446. The van der Waals surface area contributed by atoms with Crippen molar-refractivity contribution >= 4 is 11.0 Å². The molecule has 0 atom stereocenters. The van der Waals surface area contributed by atoms with Crippen molar-refractivity contribution in [1.29, 1.82) is 0 Å². The normalized spacial score (nSPS) is 14.5. The van der Waals surface area contributed by atoms with Gasteiger partial charge in [0.2, 0.25) is 11.2 Å². The van der Waals surface area contributed by atoms with E-state index in [1.54, 1.807) is 0 Å². The third-order valence-electron chi connectivity index (χ3n) is 4.90. The summed E-state index contributed by atoms with van der Waals surface area (Å²) in [5, 5.41) is 10.5. The summed E-state index contributed by atoms with van der Waals surface area (Å²) in [6, 6.07) is 7.85. The number of phenolic OH excluding ortho intramolecular Hbond substituents is 1. The largest absolute Gasteiger partial charge is 0.504 e. The zero-order chi connectivity index (χ0) is 21.8. The van der Waals surface area contributed by atoms with E-state index in [2.05, 4.69) is 4.90 Å². The van der Waals surface area contributed by atoms with Crippen molar-refractivity contribution in [3.05, 3.63) is 52.4 Å². The van der Waals surface area contributed by atoms with Gasteiger partial charge < -0.3 is 28.5 Å². The molecule has 31 heavy (non-hydrogen) atoms. The third-order valence-corrected chi connectivity index (χ3v) is 4.90. The first-order valence-corrected chi connectivity index (χ1v) is 9.79. The molecule has 1 aliphatic heterocycles. The van der Waals surface area contributed by atoms with Crippen molar-refractivity contribution < 1.29 is 32.9 Å². The number of aromatic hydroxyl groups is 1. The molecule has 2 aromatic carbocycles. The van der Waals surface area contributed by atoms with Gasteiger partial charge in [0.15, 0.2) is 11.5 Å². The highest BCUT2D eigenvalue weighted by molar-refractivity contribution is 5.88. The molecule has 4 rings (SSSR count). The number of ether oxygens (including phenoxy) is 4. The highest BCUT2D eigenvalue weighted by atomic mass is 19.1. The van der Waals surface area contributed by atoms with E-state index >= 15 is 0 Å². The number of halogens is 1. The lowest BCUT2D eigenvalue weighted by Crippen LogP contribution is -2.38. The molecular formula is C22H22FNO7. The van der Waals surface area contributed by atoms with Crippen molar-refractivity contribution in [2.75, 3.05) is 46.6 Å². The maximum Gasteiger partial charge on any atom is 0.294 e. The molecule has 9 heteroatoms. The van der Waals surface area contributed by atoms with Gasteiger partial charge in [0.25, 0.3) is 5.95 Å². The monoisotopic (exact) mass is 431 g/mol. The van der Waals surface area contributed by atoms with Crippen molar-refractivity contribution in [2.45, 2.75) is 0 Å². The Kier molecular flexibility index (Phi) is 6.24. The van der Waals surface area contributed by atoms with Crippen LogP contribution in [0.25, 0.3) is 11.0 Å². The molecule has 1 N–H and O–H groups in total. The first kappa shape index (κ1) is 21.0. The molecule has 0 saturated carbocycles. The lowest BCUT2D eigenvalue weighted by Gasteiger charge is -2.26. The van der Waals surface area contributed by atoms with Crippen molar-refractivity contribution in [1.82, 2.24) is 4.90 Å². The summed E-state index contributed by atoms with van der Waals surface area (Å²) >= 11 is 0. The average Bonchev–Trinajstić information content (AvgIpc) is 2.76. The topological polar surface area (TPSA) is 90.6 Å². The molecule has 0 radical (unpaired) electrons. The molecule has 1 saturated heterocycles. The summed E-state index contributed by atoms with van der Waals surface area (Å²) in [6.07, 6.45) is 0. The zero-order valence-electron chi connectivity index (χ0n) is 16.9. The fraction of sp³-hybridized carbons (Fsp3) is 0.318. The van der Waals surface area contributed by atoms with Gasteiger partial charge in [-0.05, 0) is 24.3 Å².